The smallest absolute Gasteiger partial charge is 0.407 e. The molecule has 2 amide bonds. The molecule has 0 aromatic heterocycles. The van der Waals surface area contributed by atoms with Crippen molar-refractivity contribution < 1.29 is 22.7 Å². The molecule has 1 aliphatic rings. The summed E-state index contributed by atoms with van der Waals surface area (Å²) in [5.41, 5.74) is 14.1. The molecular weight excluding hydrogens is 604 g/mol. The van der Waals surface area contributed by atoms with Crippen LogP contribution in [0.1, 0.15) is 37.8 Å². The van der Waals surface area contributed by atoms with E-state index in [0.29, 0.717) is 36.1 Å². The maximum atomic E-state index is 12.9. The molecular formula is C34H50N6O5S. The lowest BCUT2D eigenvalue weighted by molar-refractivity contribution is -0.120. The van der Waals surface area contributed by atoms with Crippen molar-refractivity contribution >= 4 is 27.7 Å². The number of benzene rings is 3. The molecule has 46 heavy (non-hydrogen) atoms. The van der Waals surface area contributed by atoms with E-state index in [1.54, 1.807) is 28.6 Å². The molecule has 1 aliphatic heterocycles. The quantitative estimate of drug-likeness (QED) is 0.185. The highest BCUT2D eigenvalue weighted by Gasteiger charge is 2.33. The van der Waals surface area contributed by atoms with Gasteiger partial charge in [0.2, 0.25) is 15.9 Å². The summed E-state index contributed by atoms with van der Waals surface area (Å²) in [6.07, 6.45) is 2.14. The number of alkyl carbamates (subject to hydrolysis) is 1. The number of hydrogen-bond acceptors (Lipinski definition) is 8. The van der Waals surface area contributed by atoms with Gasteiger partial charge in [0, 0.05) is 37.9 Å². The number of nitrogens with one attached hydrogen (secondary N) is 3. The molecule has 7 N–H and O–H groups in total. The van der Waals surface area contributed by atoms with Crippen LogP contribution in [0.25, 0.3) is 0 Å². The third kappa shape index (κ3) is 14.4. The fraction of sp³-hybridized carbons (Fsp3) is 0.412. The number of ether oxygens (including phenoxy) is 1. The van der Waals surface area contributed by atoms with Gasteiger partial charge in [0.1, 0.15) is 0 Å². The highest BCUT2D eigenvalue weighted by Crippen LogP contribution is 2.23. The zero-order valence-corrected chi connectivity index (χ0v) is 28.0. The Morgan fingerprint density at radius 1 is 0.957 bits per heavy atom. The van der Waals surface area contributed by atoms with Gasteiger partial charge in [-0.05, 0) is 67.1 Å². The van der Waals surface area contributed by atoms with Crippen LogP contribution in [0.2, 0.25) is 0 Å². The standard InChI is InChI=1S/C15H25N3O2S.C13H12.C6H13N3O3/c1-12(2)8-10-18(14-7-9-17-11-14)21(19,20)15-5-3-13(16)4-6-15;1-3-7-12(8-4-1)11-13-9-5-2-6-10-13;1-12-6(11)9-4-5(10)8-3-2-7/h3-6,12,14,17H,7-11,16H2,1-2H3;1-10H,11H2;2-4,7H2,1H3,(H,8,10)(H,9,11). The summed E-state index contributed by atoms with van der Waals surface area (Å²) in [6.45, 7) is 7.09. The lowest BCUT2D eigenvalue weighted by Gasteiger charge is -2.28. The minimum Gasteiger partial charge on any atom is -0.453 e. The van der Waals surface area contributed by atoms with Crippen molar-refractivity contribution in [2.24, 2.45) is 11.7 Å². The summed E-state index contributed by atoms with van der Waals surface area (Å²) in [7, 11) is -2.23. The summed E-state index contributed by atoms with van der Waals surface area (Å²) in [4.78, 5) is 21.6. The molecule has 0 aliphatic carbocycles. The summed E-state index contributed by atoms with van der Waals surface area (Å²) >= 11 is 0. The van der Waals surface area contributed by atoms with Crippen molar-refractivity contribution in [1.29, 1.82) is 0 Å². The van der Waals surface area contributed by atoms with Gasteiger partial charge in [-0.15, -0.1) is 0 Å². The van der Waals surface area contributed by atoms with Gasteiger partial charge < -0.3 is 32.2 Å². The van der Waals surface area contributed by atoms with E-state index in [1.807, 2.05) is 0 Å². The Morgan fingerprint density at radius 2 is 1.54 bits per heavy atom. The van der Waals surface area contributed by atoms with Crippen molar-refractivity contribution in [3.8, 4) is 0 Å². The van der Waals surface area contributed by atoms with E-state index in [0.717, 1.165) is 32.4 Å². The molecule has 1 atom stereocenters. The van der Waals surface area contributed by atoms with Gasteiger partial charge in [0.25, 0.3) is 0 Å². The van der Waals surface area contributed by atoms with Crippen LogP contribution in [0, 0.1) is 5.92 Å². The van der Waals surface area contributed by atoms with Gasteiger partial charge in [0.15, 0.2) is 0 Å². The van der Waals surface area contributed by atoms with E-state index < -0.39 is 16.1 Å². The van der Waals surface area contributed by atoms with Crippen LogP contribution in [0.15, 0.2) is 89.8 Å². The first-order valence-electron chi connectivity index (χ1n) is 15.5. The Hall–Kier alpha value is -3.97. The summed E-state index contributed by atoms with van der Waals surface area (Å²) in [5.74, 6) is 0.189. The number of rotatable bonds is 12. The Morgan fingerprint density at radius 3 is 2.02 bits per heavy atom. The fourth-order valence-corrected chi connectivity index (χ4v) is 6.14. The van der Waals surface area contributed by atoms with Crippen LogP contribution in [-0.2, 0) is 26.0 Å². The first-order chi connectivity index (χ1) is 22.1. The van der Waals surface area contributed by atoms with E-state index >= 15 is 0 Å². The van der Waals surface area contributed by atoms with Gasteiger partial charge in [-0.1, -0.05) is 74.5 Å². The van der Waals surface area contributed by atoms with Crippen LogP contribution in [0.5, 0.6) is 0 Å². The van der Waals surface area contributed by atoms with E-state index in [2.05, 4.69) is 95.2 Å². The number of methoxy groups -OCH3 is 1. The van der Waals surface area contributed by atoms with Crippen LogP contribution < -0.4 is 27.4 Å². The van der Waals surface area contributed by atoms with Crippen LogP contribution in [-0.4, -0.2) is 77.1 Å². The molecule has 1 saturated heterocycles. The van der Waals surface area contributed by atoms with E-state index in [-0.39, 0.29) is 18.5 Å². The number of nitrogens with zero attached hydrogens (tertiary/aromatic N) is 1. The number of nitrogen functional groups attached to an aromatic ring is 1. The predicted molar refractivity (Wildman–Crippen MR) is 184 cm³/mol. The highest BCUT2D eigenvalue weighted by atomic mass is 32.2. The molecule has 0 bridgehead atoms. The SMILES string of the molecule is CC(C)CCN(C1CCNC1)S(=O)(=O)c1ccc(N)cc1.COC(=O)NCC(=O)NCCN.c1ccc(Cc2ccccc2)cc1. The molecule has 3 aromatic carbocycles. The Kier molecular flexibility index (Phi) is 17.4. The minimum absolute atomic E-state index is 0.0475. The number of sulfonamides is 1. The van der Waals surface area contributed by atoms with Gasteiger partial charge in [-0.3, -0.25) is 4.79 Å². The fourth-order valence-electron chi connectivity index (χ4n) is 4.47. The lowest BCUT2D eigenvalue weighted by Crippen LogP contribution is -2.42. The second kappa shape index (κ2) is 20.9. The van der Waals surface area contributed by atoms with E-state index in [1.165, 1.54) is 18.2 Å². The molecule has 12 heteroatoms. The number of hydrogen-bond donors (Lipinski definition) is 5. The number of amides is 2. The zero-order chi connectivity index (χ0) is 33.8. The molecule has 1 unspecified atom stereocenters. The molecule has 252 valence electrons. The van der Waals surface area contributed by atoms with Crippen molar-refractivity contribution in [3.05, 3.63) is 96.1 Å². The molecule has 0 saturated carbocycles. The molecule has 4 rings (SSSR count). The van der Waals surface area contributed by atoms with Crippen molar-refractivity contribution in [1.82, 2.24) is 20.3 Å². The molecule has 3 aromatic rings. The van der Waals surface area contributed by atoms with Gasteiger partial charge in [0.05, 0.1) is 18.6 Å². The van der Waals surface area contributed by atoms with Crippen molar-refractivity contribution in [3.63, 3.8) is 0 Å². The number of nitrogens with two attached hydrogens (primary N) is 2. The maximum absolute atomic E-state index is 12.9. The molecule has 1 fully saturated rings. The van der Waals surface area contributed by atoms with Crippen LogP contribution in [0.4, 0.5) is 10.5 Å². The third-order valence-electron chi connectivity index (χ3n) is 6.99. The molecule has 1 heterocycles. The Balaban J connectivity index is 0.000000255. The van der Waals surface area contributed by atoms with Gasteiger partial charge in [-0.2, -0.15) is 4.31 Å². The monoisotopic (exact) mass is 654 g/mol. The van der Waals surface area contributed by atoms with Crippen LogP contribution in [0.3, 0.4) is 0 Å². The van der Waals surface area contributed by atoms with Crippen LogP contribution >= 0.6 is 0 Å². The van der Waals surface area contributed by atoms with E-state index in [4.69, 9.17) is 11.5 Å². The largest absolute Gasteiger partial charge is 0.453 e. The number of anilines is 1. The van der Waals surface area contributed by atoms with Gasteiger partial charge >= 0.3 is 6.09 Å². The lowest BCUT2D eigenvalue weighted by atomic mass is 10.1. The second-order valence-electron chi connectivity index (χ2n) is 11.1. The first kappa shape index (κ1) is 38.2. The topological polar surface area (TPSA) is 169 Å². The number of carbonyl (C=O) groups excluding carboxylic acids is 2. The first-order valence-corrected chi connectivity index (χ1v) is 16.9. The molecule has 0 radical (unpaired) electrons. The zero-order valence-electron chi connectivity index (χ0n) is 27.2. The summed E-state index contributed by atoms with van der Waals surface area (Å²) in [6, 6.07) is 27.6. The Labute approximate surface area is 274 Å². The average molecular weight is 655 g/mol. The Bertz CT molecular complexity index is 1350. The van der Waals surface area contributed by atoms with Crippen molar-refractivity contribution in [2.75, 3.05) is 52.1 Å². The minimum atomic E-state index is -3.46. The maximum Gasteiger partial charge on any atom is 0.407 e. The summed E-state index contributed by atoms with van der Waals surface area (Å²) in [5, 5.41) is 7.95. The number of carbonyl (C=O) groups is 2. The predicted octanol–water partition coefficient (Wildman–Crippen LogP) is 3.36. The highest BCUT2D eigenvalue weighted by molar-refractivity contribution is 7.89. The normalized spacial score (nSPS) is 14.0. The average Bonchev–Trinajstić information content (AvgIpc) is 3.59. The van der Waals surface area contributed by atoms with Crippen molar-refractivity contribution in [2.45, 2.75) is 44.0 Å². The van der Waals surface area contributed by atoms with Gasteiger partial charge in [-0.25, -0.2) is 13.2 Å². The second-order valence-corrected chi connectivity index (χ2v) is 13.0. The molecule has 11 nitrogen and oxygen atoms in total. The van der Waals surface area contributed by atoms with E-state index in [9.17, 15) is 18.0 Å². The third-order valence-corrected chi connectivity index (χ3v) is 8.96. The summed E-state index contributed by atoms with van der Waals surface area (Å²) < 4.78 is 31.7. The molecule has 0 spiro atoms.